The SMILES string of the molecule is CCNC(=NCc1cccc(COCC(F)(F)F)c1)NCC1CCCO1. The molecule has 0 radical (unpaired) electrons. The molecule has 1 saturated heterocycles. The Morgan fingerprint density at radius 2 is 2.12 bits per heavy atom. The van der Waals surface area contributed by atoms with Gasteiger partial charge in [-0.25, -0.2) is 4.99 Å². The van der Waals surface area contributed by atoms with Crippen molar-refractivity contribution in [2.75, 3.05) is 26.3 Å². The van der Waals surface area contributed by atoms with Gasteiger partial charge in [0.25, 0.3) is 0 Å². The van der Waals surface area contributed by atoms with E-state index in [-0.39, 0.29) is 12.7 Å². The van der Waals surface area contributed by atoms with Crippen molar-refractivity contribution >= 4 is 5.96 Å². The van der Waals surface area contributed by atoms with Gasteiger partial charge in [0.15, 0.2) is 5.96 Å². The molecular formula is C18H26F3N3O2. The van der Waals surface area contributed by atoms with E-state index in [4.69, 9.17) is 9.47 Å². The third kappa shape index (κ3) is 8.05. The fourth-order valence-electron chi connectivity index (χ4n) is 2.63. The highest BCUT2D eigenvalue weighted by atomic mass is 19.4. The number of nitrogens with one attached hydrogen (secondary N) is 2. The molecule has 1 aliphatic heterocycles. The van der Waals surface area contributed by atoms with Gasteiger partial charge in [0.1, 0.15) is 6.61 Å². The van der Waals surface area contributed by atoms with Crippen LogP contribution >= 0.6 is 0 Å². The first-order valence-electron chi connectivity index (χ1n) is 8.82. The molecule has 0 saturated carbocycles. The first-order valence-corrected chi connectivity index (χ1v) is 8.82. The molecule has 1 aromatic rings. The number of hydrogen-bond donors (Lipinski definition) is 2. The third-order valence-electron chi connectivity index (χ3n) is 3.81. The second kappa shape index (κ2) is 10.4. The zero-order valence-corrected chi connectivity index (χ0v) is 14.9. The summed E-state index contributed by atoms with van der Waals surface area (Å²) < 4.78 is 46.7. The van der Waals surface area contributed by atoms with Crippen LogP contribution in [0.15, 0.2) is 29.3 Å². The minimum absolute atomic E-state index is 0.0750. The average Bonchev–Trinajstić information content (AvgIpc) is 3.10. The number of halogens is 3. The van der Waals surface area contributed by atoms with Crippen molar-refractivity contribution in [3.05, 3.63) is 35.4 Å². The van der Waals surface area contributed by atoms with Crippen LogP contribution in [0.2, 0.25) is 0 Å². The Morgan fingerprint density at radius 3 is 2.81 bits per heavy atom. The topological polar surface area (TPSA) is 54.9 Å². The summed E-state index contributed by atoms with van der Waals surface area (Å²) in [7, 11) is 0. The molecule has 1 fully saturated rings. The Hall–Kier alpha value is -1.80. The Kier molecular flexibility index (Phi) is 8.18. The van der Waals surface area contributed by atoms with Crippen molar-refractivity contribution in [1.82, 2.24) is 10.6 Å². The van der Waals surface area contributed by atoms with E-state index in [2.05, 4.69) is 15.6 Å². The predicted molar refractivity (Wildman–Crippen MR) is 93.9 cm³/mol. The van der Waals surface area contributed by atoms with Crippen LogP contribution in [0.5, 0.6) is 0 Å². The van der Waals surface area contributed by atoms with E-state index in [1.54, 1.807) is 12.1 Å². The number of ether oxygens (including phenoxy) is 2. The molecule has 0 amide bonds. The minimum atomic E-state index is -4.31. The summed E-state index contributed by atoms with van der Waals surface area (Å²) in [4.78, 5) is 4.52. The standard InChI is InChI=1S/C18H26F3N3O2/c1-2-22-17(24-11-16-7-4-8-26-16)23-10-14-5-3-6-15(9-14)12-25-13-18(19,20)21/h3,5-6,9,16H,2,4,7-8,10-13H2,1H3,(H2,22,23,24). The second-order valence-corrected chi connectivity index (χ2v) is 6.14. The first-order chi connectivity index (χ1) is 12.5. The highest BCUT2D eigenvalue weighted by Gasteiger charge is 2.27. The summed E-state index contributed by atoms with van der Waals surface area (Å²) >= 11 is 0. The quantitative estimate of drug-likeness (QED) is 0.543. The van der Waals surface area contributed by atoms with E-state index < -0.39 is 12.8 Å². The highest BCUT2D eigenvalue weighted by Crippen LogP contribution is 2.16. The van der Waals surface area contributed by atoms with E-state index in [9.17, 15) is 13.2 Å². The molecule has 2 N–H and O–H groups in total. The number of nitrogens with zero attached hydrogens (tertiary/aromatic N) is 1. The summed E-state index contributed by atoms with van der Waals surface area (Å²) in [5.41, 5.74) is 1.60. The second-order valence-electron chi connectivity index (χ2n) is 6.14. The van der Waals surface area contributed by atoms with Crippen LogP contribution in [0.3, 0.4) is 0 Å². The fraction of sp³-hybridized carbons (Fsp3) is 0.611. The van der Waals surface area contributed by atoms with Gasteiger partial charge in [-0.2, -0.15) is 13.2 Å². The van der Waals surface area contributed by atoms with Gasteiger partial charge in [0.05, 0.1) is 19.3 Å². The van der Waals surface area contributed by atoms with Crippen LogP contribution in [0.25, 0.3) is 0 Å². The highest BCUT2D eigenvalue weighted by molar-refractivity contribution is 5.79. The summed E-state index contributed by atoms with van der Waals surface area (Å²) in [5.74, 6) is 0.696. The number of guanidine groups is 1. The predicted octanol–water partition coefficient (Wildman–Crippen LogP) is 3.00. The number of benzene rings is 1. The zero-order chi connectivity index (χ0) is 18.8. The van der Waals surface area contributed by atoms with E-state index in [1.165, 1.54) is 0 Å². The van der Waals surface area contributed by atoms with Crippen molar-refractivity contribution < 1.29 is 22.6 Å². The van der Waals surface area contributed by atoms with Gasteiger partial charge in [0.2, 0.25) is 0 Å². The molecule has 0 aromatic heterocycles. The molecule has 1 aromatic carbocycles. The van der Waals surface area contributed by atoms with Gasteiger partial charge in [0, 0.05) is 19.7 Å². The van der Waals surface area contributed by atoms with Crippen LogP contribution in [-0.4, -0.2) is 44.5 Å². The summed E-state index contributed by atoms with van der Waals surface area (Å²) in [6.45, 7) is 3.35. The molecule has 146 valence electrons. The van der Waals surface area contributed by atoms with Gasteiger partial charge >= 0.3 is 6.18 Å². The number of alkyl halides is 3. The average molecular weight is 373 g/mol. The van der Waals surface area contributed by atoms with Gasteiger partial charge < -0.3 is 20.1 Å². The van der Waals surface area contributed by atoms with Gasteiger partial charge in [-0.15, -0.1) is 0 Å². The van der Waals surface area contributed by atoms with Gasteiger partial charge in [-0.05, 0) is 30.9 Å². The lowest BCUT2D eigenvalue weighted by atomic mass is 10.1. The largest absolute Gasteiger partial charge is 0.411 e. The summed E-state index contributed by atoms with van der Waals surface area (Å²) in [6, 6.07) is 7.23. The van der Waals surface area contributed by atoms with Gasteiger partial charge in [-0.3, -0.25) is 0 Å². The molecule has 8 heteroatoms. The zero-order valence-electron chi connectivity index (χ0n) is 14.9. The third-order valence-corrected chi connectivity index (χ3v) is 3.81. The van der Waals surface area contributed by atoms with Gasteiger partial charge in [-0.1, -0.05) is 24.3 Å². The van der Waals surface area contributed by atoms with Crippen LogP contribution in [0, 0.1) is 0 Å². The molecule has 1 aliphatic rings. The molecule has 1 unspecified atom stereocenters. The Bertz CT molecular complexity index is 573. The van der Waals surface area contributed by atoms with Crippen LogP contribution < -0.4 is 10.6 Å². The molecule has 0 spiro atoms. The van der Waals surface area contributed by atoms with E-state index in [0.29, 0.717) is 24.6 Å². The Morgan fingerprint density at radius 1 is 1.31 bits per heavy atom. The molecule has 1 heterocycles. The number of hydrogen-bond acceptors (Lipinski definition) is 3. The lowest BCUT2D eigenvalue weighted by Crippen LogP contribution is -2.41. The fourth-order valence-corrected chi connectivity index (χ4v) is 2.63. The van der Waals surface area contributed by atoms with Crippen LogP contribution in [-0.2, 0) is 22.6 Å². The molecule has 2 rings (SSSR count). The van der Waals surface area contributed by atoms with E-state index in [1.807, 2.05) is 19.1 Å². The first kappa shape index (κ1) is 20.5. The lowest BCUT2D eigenvalue weighted by Gasteiger charge is -2.15. The maximum atomic E-state index is 12.1. The molecule has 5 nitrogen and oxygen atoms in total. The molecular weight excluding hydrogens is 347 g/mol. The van der Waals surface area contributed by atoms with Crippen molar-refractivity contribution in [3.8, 4) is 0 Å². The number of rotatable bonds is 8. The molecule has 1 atom stereocenters. The van der Waals surface area contributed by atoms with Crippen molar-refractivity contribution in [2.24, 2.45) is 4.99 Å². The van der Waals surface area contributed by atoms with Crippen molar-refractivity contribution in [3.63, 3.8) is 0 Å². The van der Waals surface area contributed by atoms with Crippen molar-refractivity contribution in [2.45, 2.75) is 45.2 Å². The van der Waals surface area contributed by atoms with Crippen LogP contribution in [0.4, 0.5) is 13.2 Å². The summed E-state index contributed by atoms with van der Waals surface area (Å²) in [5, 5.41) is 6.44. The van der Waals surface area contributed by atoms with E-state index >= 15 is 0 Å². The molecule has 26 heavy (non-hydrogen) atoms. The normalized spacial score (nSPS) is 18.2. The Balaban J connectivity index is 1.85. The lowest BCUT2D eigenvalue weighted by molar-refractivity contribution is -0.176. The van der Waals surface area contributed by atoms with Crippen molar-refractivity contribution in [1.29, 1.82) is 0 Å². The maximum absolute atomic E-state index is 12.1. The minimum Gasteiger partial charge on any atom is -0.376 e. The Labute approximate surface area is 152 Å². The molecule has 0 aliphatic carbocycles. The van der Waals surface area contributed by atoms with Crippen LogP contribution in [0.1, 0.15) is 30.9 Å². The molecule has 0 bridgehead atoms. The number of aliphatic imine (C=N–C) groups is 1. The maximum Gasteiger partial charge on any atom is 0.411 e. The van der Waals surface area contributed by atoms with E-state index in [0.717, 1.165) is 31.6 Å². The summed E-state index contributed by atoms with van der Waals surface area (Å²) in [6.07, 6.45) is -1.96. The smallest absolute Gasteiger partial charge is 0.376 e. The monoisotopic (exact) mass is 373 g/mol.